The predicted molar refractivity (Wildman–Crippen MR) is 24.5 cm³/mol. The van der Waals surface area contributed by atoms with Crippen molar-refractivity contribution in [2.45, 2.75) is 0 Å². The molecule has 2 N–H and O–H groups in total. The maximum Gasteiger partial charge on any atom is 0.394 e. The minimum absolute atomic E-state index is 0. The third-order valence-corrected chi connectivity index (χ3v) is 0. The van der Waals surface area contributed by atoms with Crippen LogP contribution in [0.4, 0.5) is 0 Å². The summed E-state index contributed by atoms with van der Waals surface area (Å²) in [5, 5.41) is 0. The van der Waals surface area contributed by atoms with Gasteiger partial charge in [-0.2, -0.15) is 8.42 Å². The van der Waals surface area contributed by atoms with Gasteiger partial charge in [0.05, 0.1) is 0 Å². The average Bonchev–Trinajstić information content (AvgIpc) is 0.722. The molecule has 58 valence electrons. The Morgan fingerprint density at radius 1 is 1.00 bits per heavy atom. The molecule has 0 fully saturated rings. The van der Waals surface area contributed by atoms with E-state index in [0.717, 1.165) is 0 Å². The van der Waals surface area contributed by atoms with Gasteiger partial charge in [0.2, 0.25) is 0 Å². The quantitative estimate of drug-likeness (QED) is 0.613. The van der Waals surface area contributed by atoms with Gasteiger partial charge in [0, 0.05) is 33.6 Å². The van der Waals surface area contributed by atoms with Crippen LogP contribution >= 0.6 is 17.0 Å². The van der Waals surface area contributed by atoms with Crippen molar-refractivity contribution >= 4 is 27.4 Å². The van der Waals surface area contributed by atoms with E-state index in [9.17, 15) is 0 Å². The van der Waals surface area contributed by atoms with Crippen LogP contribution in [0.5, 0.6) is 0 Å². The Kier molecular flexibility index (Phi) is 23.8. The zero-order valence-electron chi connectivity index (χ0n) is 3.19. The largest absolute Gasteiger partial charge is 0.394 e. The summed E-state index contributed by atoms with van der Waals surface area (Å²) in [4.78, 5) is 0. The van der Waals surface area contributed by atoms with Crippen molar-refractivity contribution in [1.82, 2.24) is 0 Å². The van der Waals surface area contributed by atoms with Gasteiger partial charge in [-0.3, -0.25) is 9.11 Å². The van der Waals surface area contributed by atoms with E-state index in [4.69, 9.17) is 17.5 Å². The van der Waals surface area contributed by atoms with E-state index in [2.05, 4.69) is 0 Å². The Bertz CT molecular complexity index is 97.2. The molecule has 0 bridgehead atoms. The first-order chi connectivity index (χ1) is 2.00. The second-order valence-corrected chi connectivity index (χ2v) is 1.34. The second-order valence-electron chi connectivity index (χ2n) is 0.448. The number of halogens is 1. The Morgan fingerprint density at radius 2 is 1.00 bits per heavy atom. The number of rotatable bonds is 0. The molecule has 0 saturated carbocycles. The molecule has 0 aromatic heterocycles. The van der Waals surface area contributed by atoms with Crippen LogP contribution in [0, 0.1) is 0 Å². The van der Waals surface area contributed by atoms with E-state index in [1.807, 2.05) is 0 Å². The van der Waals surface area contributed by atoms with E-state index in [1.54, 1.807) is 0 Å². The van der Waals surface area contributed by atoms with Crippen LogP contribution in [0.15, 0.2) is 0 Å². The molecule has 2 radical (unpaired) electrons. The molecule has 0 aromatic carbocycles. The van der Waals surface area contributed by atoms with E-state index < -0.39 is 10.4 Å². The smallest absolute Gasteiger partial charge is 0.264 e. The first-order valence-corrected chi connectivity index (χ1v) is 2.10. The summed E-state index contributed by atoms with van der Waals surface area (Å²) < 4.78 is 31.6. The van der Waals surface area contributed by atoms with Crippen LogP contribution < -0.4 is 0 Å². The fourth-order valence-corrected chi connectivity index (χ4v) is 0. The van der Waals surface area contributed by atoms with Gasteiger partial charge < -0.3 is 0 Å². The molecule has 8 heteroatoms. The van der Waals surface area contributed by atoms with Gasteiger partial charge in [0.15, 0.2) is 0 Å². The molecule has 0 saturated heterocycles. The van der Waals surface area contributed by atoms with Gasteiger partial charge in [-0.15, -0.1) is 17.0 Å². The molecular weight excluding hydrogens is 294 g/mol. The van der Waals surface area contributed by atoms with Gasteiger partial charge in [0.25, 0.3) is 0 Å². The van der Waals surface area contributed by atoms with Crippen molar-refractivity contribution in [2.75, 3.05) is 0 Å². The summed E-state index contributed by atoms with van der Waals surface area (Å²) in [7, 11) is -4.67. The van der Waals surface area contributed by atoms with Crippen molar-refractivity contribution in [3.8, 4) is 0 Å². The summed E-state index contributed by atoms with van der Waals surface area (Å²) in [6, 6.07) is 0. The van der Waals surface area contributed by atoms with Crippen molar-refractivity contribution in [3.05, 3.63) is 0 Å². The normalized spacial score (nSPS) is 7.25. The topological polar surface area (TPSA) is 74.6 Å². The fraction of sp³-hybridized carbons (Fsp3) is 0. The molecule has 4 nitrogen and oxygen atoms in total. The first kappa shape index (κ1) is 22.8. The van der Waals surface area contributed by atoms with Gasteiger partial charge in [-0.25, -0.2) is 0 Å². The molecule has 8 heavy (non-hydrogen) atoms. The Morgan fingerprint density at radius 3 is 1.00 bits per heavy atom. The van der Waals surface area contributed by atoms with Crippen LogP contribution in [0.3, 0.4) is 0 Å². The van der Waals surface area contributed by atoms with Crippen LogP contribution in [0.1, 0.15) is 0 Å². The minimum atomic E-state index is -4.67. The molecule has 0 aliphatic rings. The van der Waals surface area contributed by atoms with Crippen LogP contribution in [-0.2, 0) is 44.0 Å². The maximum absolute atomic E-state index is 8.74. The van der Waals surface area contributed by atoms with E-state index in [1.165, 1.54) is 0 Å². The number of hydrogen-bond donors (Lipinski definition) is 2. The minimum Gasteiger partial charge on any atom is -0.264 e. The van der Waals surface area contributed by atoms with Crippen molar-refractivity contribution in [3.63, 3.8) is 0 Å². The standard InChI is InChI=1S/BrH.2Co.H2O4S/c;;;1-5(2,3)4/h1H;;;(H2,1,2,3,4). The summed E-state index contributed by atoms with van der Waals surface area (Å²) in [6.45, 7) is 0. The Labute approximate surface area is 78.2 Å². The molecule has 0 atom stereocenters. The van der Waals surface area contributed by atoms with Gasteiger partial charge in [-0.05, 0) is 0 Å². The third-order valence-electron chi connectivity index (χ3n) is 0. The van der Waals surface area contributed by atoms with Crippen LogP contribution in [0.25, 0.3) is 0 Å². The summed E-state index contributed by atoms with van der Waals surface area (Å²) in [5.41, 5.74) is 0. The molecule has 0 unspecified atom stereocenters. The van der Waals surface area contributed by atoms with E-state index in [-0.39, 0.29) is 50.5 Å². The SMILES string of the molecule is Br.O=S(=O)(O)O.[Co].[Co]. The summed E-state index contributed by atoms with van der Waals surface area (Å²) >= 11 is 0. The summed E-state index contributed by atoms with van der Waals surface area (Å²) in [6.07, 6.45) is 0. The molecule has 0 spiro atoms. The van der Waals surface area contributed by atoms with Gasteiger partial charge in [0.1, 0.15) is 0 Å². The van der Waals surface area contributed by atoms with E-state index >= 15 is 0 Å². The molecule has 0 heterocycles. The number of hydrogen-bond acceptors (Lipinski definition) is 2. The molecular formula is H3BrCo2O4S. The van der Waals surface area contributed by atoms with E-state index in [0.29, 0.717) is 0 Å². The average molecular weight is 297 g/mol. The molecule has 0 aromatic rings. The molecule has 0 aliphatic carbocycles. The fourth-order valence-electron chi connectivity index (χ4n) is 0. The second kappa shape index (κ2) is 8.36. The zero-order chi connectivity index (χ0) is 4.50. The van der Waals surface area contributed by atoms with Crippen molar-refractivity contribution in [1.29, 1.82) is 0 Å². The van der Waals surface area contributed by atoms with Crippen molar-refractivity contribution < 1.29 is 51.1 Å². The molecule has 0 aliphatic heterocycles. The van der Waals surface area contributed by atoms with Crippen LogP contribution in [-0.4, -0.2) is 17.5 Å². The first-order valence-electron chi connectivity index (χ1n) is 0.698. The predicted octanol–water partition coefficient (Wildman–Crippen LogP) is -0.0799. The monoisotopic (exact) mass is 296 g/mol. The van der Waals surface area contributed by atoms with Gasteiger partial charge >= 0.3 is 10.4 Å². The Balaban J connectivity index is -0.0000000267. The zero-order valence-corrected chi connectivity index (χ0v) is 7.81. The summed E-state index contributed by atoms with van der Waals surface area (Å²) in [5.74, 6) is 0. The molecule has 0 amide bonds. The van der Waals surface area contributed by atoms with Crippen molar-refractivity contribution in [2.24, 2.45) is 0 Å². The van der Waals surface area contributed by atoms with Gasteiger partial charge in [-0.1, -0.05) is 0 Å². The molecule has 0 rings (SSSR count). The third kappa shape index (κ3) is 160. The van der Waals surface area contributed by atoms with Crippen LogP contribution in [0.2, 0.25) is 0 Å². The maximum atomic E-state index is 8.74. The Hall–Kier alpha value is 1.36.